The van der Waals surface area contributed by atoms with Crippen LogP contribution in [0.15, 0.2) is 63.5 Å². The summed E-state index contributed by atoms with van der Waals surface area (Å²) in [7, 11) is 0. The van der Waals surface area contributed by atoms with E-state index >= 15 is 0 Å². The van der Waals surface area contributed by atoms with E-state index in [1.54, 1.807) is 30.3 Å². The Bertz CT molecular complexity index is 1170. The standard InChI is InChI=1S/C22H17BrN2O3/c1-12-9-18-20(10-13(12)2)28-22(25-18)16-8-7-14(11-19(16)26)24-21(27)15-5-3-4-6-17(15)23/h3-11,26H,1-2H3,(H,24,27). The number of nitrogens with one attached hydrogen (secondary N) is 1. The van der Waals surface area contributed by atoms with Crippen LogP contribution in [0.4, 0.5) is 5.69 Å². The Balaban J connectivity index is 1.63. The number of phenols is 1. The highest BCUT2D eigenvalue weighted by Crippen LogP contribution is 2.34. The van der Waals surface area contributed by atoms with Gasteiger partial charge in [0.1, 0.15) is 11.3 Å². The van der Waals surface area contributed by atoms with Crippen LogP contribution in [0.5, 0.6) is 5.75 Å². The van der Waals surface area contributed by atoms with Gasteiger partial charge >= 0.3 is 0 Å². The summed E-state index contributed by atoms with van der Waals surface area (Å²) in [6.45, 7) is 4.03. The van der Waals surface area contributed by atoms with E-state index in [1.807, 2.05) is 32.0 Å². The number of aromatic hydroxyl groups is 1. The first-order valence-corrected chi connectivity index (χ1v) is 9.49. The quantitative estimate of drug-likeness (QED) is 0.423. The number of carbonyl (C=O) groups excluding carboxylic acids is 1. The highest BCUT2D eigenvalue weighted by Gasteiger charge is 2.15. The van der Waals surface area contributed by atoms with Crippen molar-refractivity contribution in [2.75, 3.05) is 5.32 Å². The van der Waals surface area contributed by atoms with E-state index in [1.165, 1.54) is 6.07 Å². The minimum absolute atomic E-state index is 0.0232. The van der Waals surface area contributed by atoms with E-state index in [0.29, 0.717) is 32.8 Å². The number of halogens is 1. The number of aromatic nitrogens is 1. The van der Waals surface area contributed by atoms with Gasteiger partial charge in [-0.25, -0.2) is 4.98 Å². The molecule has 0 aliphatic heterocycles. The first kappa shape index (κ1) is 18.3. The highest BCUT2D eigenvalue weighted by atomic mass is 79.9. The number of benzene rings is 3. The van der Waals surface area contributed by atoms with Gasteiger partial charge in [0.15, 0.2) is 5.58 Å². The molecular formula is C22H17BrN2O3. The number of carbonyl (C=O) groups is 1. The van der Waals surface area contributed by atoms with Gasteiger partial charge in [0.05, 0.1) is 11.1 Å². The van der Waals surface area contributed by atoms with E-state index in [-0.39, 0.29) is 11.7 Å². The molecular weight excluding hydrogens is 420 g/mol. The smallest absolute Gasteiger partial charge is 0.256 e. The third-order valence-electron chi connectivity index (χ3n) is 4.61. The number of aryl methyl sites for hydroxylation is 2. The molecule has 0 radical (unpaired) electrons. The Morgan fingerprint density at radius 3 is 2.57 bits per heavy atom. The number of oxazole rings is 1. The molecule has 0 fully saturated rings. The molecule has 2 N–H and O–H groups in total. The molecule has 4 rings (SSSR count). The van der Waals surface area contributed by atoms with Crippen LogP contribution in [0.1, 0.15) is 21.5 Å². The van der Waals surface area contributed by atoms with Crippen LogP contribution in [0, 0.1) is 13.8 Å². The zero-order valence-electron chi connectivity index (χ0n) is 15.3. The second-order valence-corrected chi connectivity index (χ2v) is 7.44. The van der Waals surface area contributed by atoms with E-state index in [4.69, 9.17) is 4.42 Å². The fourth-order valence-corrected chi connectivity index (χ4v) is 3.39. The van der Waals surface area contributed by atoms with Crippen molar-refractivity contribution in [2.24, 2.45) is 0 Å². The van der Waals surface area contributed by atoms with Crippen molar-refractivity contribution < 1.29 is 14.3 Å². The summed E-state index contributed by atoms with van der Waals surface area (Å²) < 4.78 is 6.51. The zero-order chi connectivity index (χ0) is 19.8. The summed E-state index contributed by atoms with van der Waals surface area (Å²) in [5.74, 6) is 0.0403. The molecule has 3 aromatic carbocycles. The fraction of sp³-hybridized carbons (Fsp3) is 0.0909. The Morgan fingerprint density at radius 1 is 1.07 bits per heavy atom. The molecule has 1 heterocycles. The lowest BCUT2D eigenvalue weighted by Gasteiger charge is -2.08. The van der Waals surface area contributed by atoms with Crippen molar-refractivity contribution in [3.63, 3.8) is 0 Å². The van der Waals surface area contributed by atoms with Gasteiger partial charge in [-0.3, -0.25) is 4.79 Å². The number of hydrogen-bond acceptors (Lipinski definition) is 4. The third-order valence-corrected chi connectivity index (χ3v) is 5.30. The van der Waals surface area contributed by atoms with E-state index in [9.17, 15) is 9.90 Å². The lowest BCUT2D eigenvalue weighted by Crippen LogP contribution is -2.12. The first-order valence-electron chi connectivity index (χ1n) is 8.69. The van der Waals surface area contributed by atoms with Crippen molar-refractivity contribution in [1.29, 1.82) is 0 Å². The van der Waals surface area contributed by atoms with Crippen LogP contribution in [0.3, 0.4) is 0 Å². The number of phenolic OH excluding ortho intramolecular Hbond substituents is 1. The fourth-order valence-electron chi connectivity index (χ4n) is 2.93. The predicted molar refractivity (Wildman–Crippen MR) is 113 cm³/mol. The molecule has 0 unspecified atom stereocenters. The second kappa shape index (κ2) is 7.13. The summed E-state index contributed by atoms with van der Waals surface area (Å²) in [6.07, 6.45) is 0. The van der Waals surface area contributed by atoms with Crippen molar-refractivity contribution >= 4 is 38.6 Å². The summed E-state index contributed by atoms with van der Waals surface area (Å²) in [5.41, 5.74) is 5.10. The van der Waals surface area contributed by atoms with Crippen LogP contribution in [0.25, 0.3) is 22.6 Å². The third kappa shape index (κ3) is 3.39. The van der Waals surface area contributed by atoms with E-state index in [2.05, 4.69) is 26.2 Å². The minimum Gasteiger partial charge on any atom is -0.507 e. The number of amides is 1. The average Bonchev–Trinajstić information content (AvgIpc) is 3.04. The molecule has 0 saturated heterocycles. The lowest BCUT2D eigenvalue weighted by atomic mass is 10.1. The number of fused-ring (bicyclic) bond motifs is 1. The highest BCUT2D eigenvalue weighted by molar-refractivity contribution is 9.10. The van der Waals surface area contributed by atoms with E-state index < -0.39 is 0 Å². The Labute approximate surface area is 170 Å². The number of rotatable bonds is 3. The van der Waals surface area contributed by atoms with Gasteiger partial charge < -0.3 is 14.8 Å². The van der Waals surface area contributed by atoms with Gasteiger partial charge in [0, 0.05) is 16.2 Å². The molecule has 0 saturated carbocycles. The first-order chi connectivity index (χ1) is 13.4. The summed E-state index contributed by atoms with van der Waals surface area (Å²) >= 11 is 3.36. The largest absolute Gasteiger partial charge is 0.507 e. The molecule has 1 amide bonds. The molecule has 4 aromatic rings. The number of nitrogens with zero attached hydrogens (tertiary/aromatic N) is 1. The minimum atomic E-state index is -0.271. The van der Waals surface area contributed by atoms with Gasteiger partial charge in [-0.2, -0.15) is 0 Å². The SMILES string of the molecule is Cc1cc2nc(-c3ccc(NC(=O)c4ccccc4Br)cc3O)oc2cc1C. The van der Waals surface area contributed by atoms with Crippen LogP contribution >= 0.6 is 15.9 Å². The molecule has 28 heavy (non-hydrogen) atoms. The number of hydrogen-bond donors (Lipinski definition) is 2. The van der Waals surface area contributed by atoms with Crippen molar-refractivity contribution in [3.05, 3.63) is 75.8 Å². The summed E-state index contributed by atoms with van der Waals surface area (Å²) in [5, 5.41) is 13.2. The molecule has 0 spiro atoms. The molecule has 0 aliphatic carbocycles. The normalized spacial score (nSPS) is 11.0. The molecule has 5 nitrogen and oxygen atoms in total. The molecule has 0 aliphatic rings. The molecule has 0 bridgehead atoms. The lowest BCUT2D eigenvalue weighted by molar-refractivity contribution is 0.102. The van der Waals surface area contributed by atoms with Gasteiger partial charge in [0.2, 0.25) is 5.89 Å². The van der Waals surface area contributed by atoms with Gasteiger partial charge in [-0.15, -0.1) is 0 Å². The average molecular weight is 437 g/mol. The van der Waals surface area contributed by atoms with Crippen LogP contribution in [0.2, 0.25) is 0 Å². The Morgan fingerprint density at radius 2 is 1.82 bits per heavy atom. The van der Waals surface area contributed by atoms with Crippen LogP contribution in [-0.2, 0) is 0 Å². The number of anilines is 1. The zero-order valence-corrected chi connectivity index (χ0v) is 16.9. The van der Waals surface area contributed by atoms with Crippen LogP contribution < -0.4 is 5.32 Å². The van der Waals surface area contributed by atoms with E-state index in [0.717, 1.165) is 16.6 Å². The topological polar surface area (TPSA) is 75.4 Å². The molecule has 6 heteroatoms. The summed E-state index contributed by atoms with van der Waals surface area (Å²) in [4.78, 5) is 16.9. The second-order valence-electron chi connectivity index (χ2n) is 6.59. The Kier molecular flexibility index (Phi) is 4.65. The van der Waals surface area contributed by atoms with Gasteiger partial charge in [0.25, 0.3) is 5.91 Å². The van der Waals surface area contributed by atoms with Gasteiger partial charge in [-0.1, -0.05) is 12.1 Å². The Hall–Kier alpha value is -3.12. The van der Waals surface area contributed by atoms with Crippen LogP contribution in [-0.4, -0.2) is 16.0 Å². The maximum absolute atomic E-state index is 12.4. The monoisotopic (exact) mass is 436 g/mol. The maximum atomic E-state index is 12.4. The van der Waals surface area contributed by atoms with Gasteiger partial charge in [-0.05, 0) is 77.3 Å². The molecule has 0 atom stereocenters. The maximum Gasteiger partial charge on any atom is 0.256 e. The molecule has 140 valence electrons. The molecule has 1 aromatic heterocycles. The predicted octanol–water partition coefficient (Wildman–Crippen LogP) is 5.83. The van der Waals surface area contributed by atoms with Crippen molar-refractivity contribution in [3.8, 4) is 17.2 Å². The van der Waals surface area contributed by atoms with Crippen molar-refractivity contribution in [1.82, 2.24) is 4.98 Å². The van der Waals surface area contributed by atoms with Crippen molar-refractivity contribution in [2.45, 2.75) is 13.8 Å². The summed E-state index contributed by atoms with van der Waals surface area (Å²) in [6, 6.07) is 15.9.